The molecule has 0 radical (unpaired) electrons. The zero-order chi connectivity index (χ0) is 22.1. The first-order valence-electron chi connectivity index (χ1n) is 10.7. The molecular formula is C24H23ClN4O3. The summed E-state index contributed by atoms with van der Waals surface area (Å²) in [6, 6.07) is 15.4. The van der Waals surface area contributed by atoms with Crippen molar-refractivity contribution in [2.75, 3.05) is 13.2 Å². The van der Waals surface area contributed by atoms with Gasteiger partial charge in [0.25, 0.3) is 5.56 Å². The van der Waals surface area contributed by atoms with Crippen LogP contribution in [-0.4, -0.2) is 39.5 Å². The van der Waals surface area contributed by atoms with Crippen LogP contribution in [0.1, 0.15) is 18.4 Å². The molecule has 0 spiro atoms. The number of rotatable bonds is 6. The molecule has 0 unspecified atom stereocenters. The maximum atomic E-state index is 13.4. The number of amides is 1. The second-order valence-electron chi connectivity index (χ2n) is 8.04. The van der Waals surface area contributed by atoms with Crippen LogP contribution in [0.4, 0.5) is 0 Å². The van der Waals surface area contributed by atoms with Gasteiger partial charge in [-0.2, -0.15) is 5.10 Å². The molecule has 4 aromatic rings. The van der Waals surface area contributed by atoms with Crippen molar-refractivity contribution in [3.8, 4) is 0 Å². The standard InChI is InChI=1S/C24H23ClN4O3/c25-17-6-3-5-16(11-17)14-28-21-9-2-1-8-19(21)20-13-27-29(24(31)23(20)28)15-22(30)26-12-18-7-4-10-32-18/h1-3,5-6,8-9,11,13,18H,4,7,10,12,14-15H2,(H,26,30)/t18-/m0/s1. The molecule has 7 nitrogen and oxygen atoms in total. The molecule has 1 aliphatic rings. The van der Waals surface area contributed by atoms with Crippen LogP contribution in [0.2, 0.25) is 5.02 Å². The van der Waals surface area contributed by atoms with E-state index in [1.807, 2.05) is 53.1 Å². The van der Waals surface area contributed by atoms with Crippen molar-refractivity contribution in [3.05, 3.63) is 75.7 Å². The second kappa shape index (κ2) is 8.76. The van der Waals surface area contributed by atoms with E-state index >= 15 is 0 Å². The highest BCUT2D eigenvalue weighted by Crippen LogP contribution is 2.27. The molecule has 32 heavy (non-hydrogen) atoms. The molecule has 1 amide bonds. The number of carbonyl (C=O) groups is 1. The molecular weight excluding hydrogens is 428 g/mol. The molecule has 8 heteroatoms. The Kier molecular flexibility index (Phi) is 5.68. The summed E-state index contributed by atoms with van der Waals surface area (Å²) in [7, 11) is 0. The lowest BCUT2D eigenvalue weighted by Crippen LogP contribution is -2.37. The van der Waals surface area contributed by atoms with E-state index < -0.39 is 0 Å². The van der Waals surface area contributed by atoms with Gasteiger partial charge in [-0.25, -0.2) is 4.68 Å². The fraction of sp³-hybridized carbons (Fsp3) is 0.292. The summed E-state index contributed by atoms with van der Waals surface area (Å²) in [4.78, 5) is 25.9. The average molecular weight is 451 g/mol. The number of fused-ring (bicyclic) bond motifs is 3. The first-order chi connectivity index (χ1) is 15.6. The summed E-state index contributed by atoms with van der Waals surface area (Å²) in [5.74, 6) is -0.257. The zero-order valence-corrected chi connectivity index (χ0v) is 18.2. The third kappa shape index (κ3) is 4.01. The molecule has 1 atom stereocenters. The fourth-order valence-electron chi connectivity index (χ4n) is 4.31. The van der Waals surface area contributed by atoms with Crippen LogP contribution in [0.5, 0.6) is 0 Å². The molecule has 2 aromatic carbocycles. The van der Waals surface area contributed by atoms with Crippen molar-refractivity contribution in [2.24, 2.45) is 0 Å². The largest absolute Gasteiger partial charge is 0.376 e. The molecule has 5 rings (SSSR count). The van der Waals surface area contributed by atoms with Gasteiger partial charge in [-0.15, -0.1) is 0 Å². The lowest BCUT2D eigenvalue weighted by Gasteiger charge is -2.12. The molecule has 1 saturated heterocycles. The molecule has 1 N–H and O–H groups in total. The number of benzene rings is 2. The van der Waals surface area contributed by atoms with Gasteiger partial charge in [0, 0.05) is 41.0 Å². The van der Waals surface area contributed by atoms with Crippen molar-refractivity contribution in [2.45, 2.75) is 32.0 Å². The third-order valence-electron chi connectivity index (χ3n) is 5.85. The van der Waals surface area contributed by atoms with Crippen molar-refractivity contribution in [1.29, 1.82) is 0 Å². The van der Waals surface area contributed by atoms with Gasteiger partial charge in [0.1, 0.15) is 12.1 Å². The smallest absolute Gasteiger partial charge is 0.291 e. The normalized spacial score (nSPS) is 16.1. The Morgan fingerprint density at radius 1 is 1.19 bits per heavy atom. The zero-order valence-electron chi connectivity index (χ0n) is 17.5. The van der Waals surface area contributed by atoms with E-state index in [-0.39, 0.29) is 24.1 Å². The predicted molar refractivity (Wildman–Crippen MR) is 124 cm³/mol. The van der Waals surface area contributed by atoms with Gasteiger partial charge in [0.05, 0.1) is 12.3 Å². The first-order valence-corrected chi connectivity index (χ1v) is 11.1. The van der Waals surface area contributed by atoms with Gasteiger partial charge in [0.2, 0.25) is 5.91 Å². The lowest BCUT2D eigenvalue weighted by molar-refractivity contribution is -0.122. The number of hydrogen-bond donors (Lipinski definition) is 1. The SMILES string of the molecule is O=C(Cn1ncc2c3ccccc3n(Cc3cccc(Cl)c3)c2c1=O)NC[C@@H]1CCCO1. The van der Waals surface area contributed by atoms with E-state index in [9.17, 15) is 9.59 Å². The number of nitrogens with zero attached hydrogens (tertiary/aromatic N) is 3. The van der Waals surface area contributed by atoms with Crippen LogP contribution in [0.3, 0.4) is 0 Å². The van der Waals surface area contributed by atoms with Gasteiger partial charge in [-0.1, -0.05) is 41.9 Å². The van der Waals surface area contributed by atoms with E-state index in [0.717, 1.165) is 41.3 Å². The summed E-state index contributed by atoms with van der Waals surface area (Å²) >= 11 is 6.17. The number of halogens is 1. The Balaban J connectivity index is 1.51. The predicted octanol–water partition coefficient (Wildman–Crippen LogP) is 3.35. The summed E-state index contributed by atoms with van der Waals surface area (Å²) in [6.45, 7) is 1.52. The Morgan fingerprint density at radius 3 is 2.88 bits per heavy atom. The van der Waals surface area contributed by atoms with Crippen LogP contribution in [0.25, 0.3) is 21.8 Å². The number of ether oxygens (including phenoxy) is 1. The molecule has 2 aromatic heterocycles. The van der Waals surface area contributed by atoms with E-state index in [1.165, 1.54) is 4.68 Å². The highest BCUT2D eigenvalue weighted by atomic mass is 35.5. The van der Waals surface area contributed by atoms with Crippen molar-refractivity contribution in [3.63, 3.8) is 0 Å². The summed E-state index contributed by atoms with van der Waals surface area (Å²) in [5.41, 5.74) is 2.14. The van der Waals surface area contributed by atoms with Crippen molar-refractivity contribution < 1.29 is 9.53 Å². The topological polar surface area (TPSA) is 78.2 Å². The van der Waals surface area contributed by atoms with Crippen LogP contribution in [0, 0.1) is 0 Å². The molecule has 1 aliphatic heterocycles. The molecule has 0 aliphatic carbocycles. The maximum Gasteiger partial charge on any atom is 0.291 e. The van der Waals surface area contributed by atoms with Gasteiger partial charge in [-0.3, -0.25) is 9.59 Å². The monoisotopic (exact) mass is 450 g/mol. The van der Waals surface area contributed by atoms with E-state index in [4.69, 9.17) is 16.3 Å². The highest BCUT2D eigenvalue weighted by molar-refractivity contribution is 6.30. The number of hydrogen-bond acceptors (Lipinski definition) is 4. The number of aromatic nitrogens is 3. The van der Waals surface area contributed by atoms with Gasteiger partial charge >= 0.3 is 0 Å². The third-order valence-corrected chi connectivity index (χ3v) is 6.08. The van der Waals surface area contributed by atoms with Crippen LogP contribution >= 0.6 is 11.6 Å². The molecule has 3 heterocycles. The van der Waals surface area contributed by atoms with Gasteiger partial charge in [-0.05, 0) is 36.6 Å². The molecule has 0 bridgehead atoms. The molecule has 0 saturated carbocycles. The van der Waals surface area contributed by atoms with Gasteiger partial charge < -0.3 is 14.6 Å². The molecule has 1 fully saturated rings. The minimum atomic E-state index is -0.298. The average Bonchev–Trinajstić information content (AvgIpc) is 3.42. The molecule has 164 valence electrons. The van der Waals surface area contributed by atoms with Gasteiger partial charge in [0.15, 0.2) is 0 Å². The summed E-state index contributed by atoms with van der Waals surface area (Å²) in [6.07, 6.45) is 3.66. The van der Waals surface area contributed by atoms with E-state index in [1.54, 1.807) is 6.20 Å². The second-order valence-corrected chi connectivity index (χ2v) is 8.48. The number of para-hydroxylation sites is 1. The Labute approximate surface area is 189 Å². The Hall–Kier alpha value is -3.16. The van der Waals surface area contributed by atoms with Crippen molar-refractivity contribution in [1.82, 2.24) is 19.7 Å². The number of nitrogens with one attached hydrogen (secondary N) is 1. The van der Waals surface area contributed by atoms with Crippen LogP contribution in [-0.2, 0) is 22.6 Å². The first kappa shape index (κ1) is 20.7. The Morgan fingerprint density at radius 2 is 2.06 bits per heavy atom. The quantitative estimate of drug-likeness (QED) is 0.488. The highest BCUT2D eigenvalue weighted by Gasteiger charge is 2.19. The van der Waals surface area contributed by atoms with E-state index in [2.05, 4.69) is 10.4 Å². The minimum absolute atomic E-state index is 0.0475. The summed E-state index contributed by atoms with van der Waals surface area (Å²) < 4.78 is 8.73. The minimum Gasteiger partial charge on any atom is -0.376 e. The number of carbonyl (C=O) groups excluding carboxylic acids is 1. The Bertz CT molecular complexity index is 1350. The van der Waals surface area contributed by atoms with Crippen molar-refractivity contribution >= 4 is 39.3 Å². The van der Waals surface area contributed by atoms with Crippen LogP contribution < -0.4 is 10.9 Å². The summed E-state index contributed by atoms with van der Waals surface area (Å²) in [5, 5.41) is 9.50. The maximum absolute atomic E-state index is 13.4. The lowest BCUT2D eigenvalue weighted by atomic mass is 10.2. The van der Waals surface area contributed by atoms with E-state index in [0.29, 0.717) is 23.6 Å². The fourth-order valence-corrected chi connectivity index (χ4v) is 4.53. The van der Waals surface area contributed by atoms with Crippen LogP contribution in [0.15, 0.2) is 59.5 Å².